The van der Waals surface area contributed by atoms with Crippen LogP contribution in [0, 0.1) is 0 Å². The number of amides is 1. The highest BCUT2D eigenvalue weighted by Crippen LogP contribution is 2.26. The predicted molar refractivity (Wildman–Crippen MR) is 108 cm³/mol. The molecular formula is C18H16ClN3O3S2. The van der Waals surface area contributed by atoms with Gasteiger partial charge in [0.1, 0.15) is 9.90 Å². The summed E-state index contributed by atoms with van der Waals surface area (Å²) in [5.74, 6) is -0.427. The zero-order valence-electron chi connectivity index (χ0n) is 14.5. The number of rotatable bonds is 5. The molecule has 2 aromatic carbocycles. The number of thiazole rings is 1. The van der Waals surface area contributed by atoms with Crippen molar-refractivity contribution in [2.75, 3.05) is 19.4 Å². The maximum absolute atomic E-state index is 12.5. The summed E-state index contributed by atoms with van der Waals surface area (Å²) in [6.07, 6.45) is 1.73. The number of nitrogens with zero attached hydrogens (tertiary/aromatic N) is 2. The van der Waals surface area contributed by atoms with Crippen LogP contribution in [0.15, 0.2) is 58.9 Å². The van der Waals surface area contributed by atoms with Gasteiger partial charge in [-0.3, -0.25) is 4.79 Å². The highest BCUT2D eigenvalue weighted by molar-refractivity contribution is 7.89. The van der Waals surface area contributed by atoms with Crippen molar-refractivity contribution in [2.45, 2.75) is 4.90 Å². The van der Waals surface area contributed by atoms with Crippen LogP contribution in [0.3, 0.4) is 0 Å². The predicted octanol–water partition coefficient (Wildman–Crippen LogP) is 3.97. The average molecular weight is 422 g/mol. The van der Waals surface area contributed by atoms with Crippen LogP contribution in [0.4, 0.5) is 5.69 Å². The Balaban J connectivity index is 1.82. The Labute approximate surface area is 166 Å². The van der Waals surface area contributed by atoms with E-state index in [1.165, 1.54) is 43.6 Å². The normalized spacial score (nSPS) is 11.6. The third kappa shape index (κ3) is 4.19. The summed E-state index contributed by atoms with van der Waals surface area (Å²) in [4.78, 5) is 16.6. The molecular weight excluding hydrogens is 406 g/mol. The summed E-state index contributed by atoms with van der Waals surface area (Å²) in [5.41, 5.74) is 1.74. The first-order valence-corrected chi connectivity index (χ1v) is 10.5. The van der Waals surface area contributed by atoms with Crippen LogP contribution in [0.1, 0.15) is 10.4 Å². The van der Waals surface area contributed by atoms with Crippen LogP contribution in [0.25, 0.3) is 10.6 Å². The number of nitrogens with one attached hydrogen (secondary N) is 1. The molecule has 0 unspecified atom stereocenters. The van der Waals surface area contributed by atoms with E-state index in [2.05, 4.69) is 10.3 Å². The first-order chi connectivity index (χ1) is 12.8. The molecule has 0 saturated carbocycles. The Morgan fingerprint density at radius 3 is 2.44 bits per heavy atom. The van der Waals surface area contributed by atoms with Gasteiger partial charge in [-0.1, -0.05) is 11.6 Å². The summed E-state index contributed by atoms with van der Waals surface area (Å²) in [6.45, 7) is 0. The number of anilines is 1. The van der Waals surface area contributed by atoms with E-state index in [0.717, 1.165) is 14.9 Å². The van der Waals surface area contributed by atoms with Crippen LogP contribution < -0.4 is 5.32 Å². The van der Waals surface area contributed by atoms with E-state index < -0.39 is 15.9 Å². The minimum absolute atomic E-state index is 0.0630. The van der Waals surface area contributed by atoms with Crippen molar-refractivity contribution >= 4 is 44.6 Å². The molecule has 0 aliphatic rings. The Bertz CT molecular complexity index is 1060. The highest BCUT2D eigenvalue weighted by atomic mass is 35.5. The molecule has 0 aliphatic carbocycles. The molecule has 140 valence electrons. The largest absolute Gasteiger partial charge is 0.322 e. The molecule has 1 heterocycles. The zero-order valence-corrected chi connectivity index (χ0v) is 16.9. The summed E-state index contributed by atoms with van der Waals surface area (Å²) in [6, 6.07) is 11.4. The number of hydrogen-bond acceptors (Lipinski definition) is 5. The lowest BCUT2D eigenvalue weighted by Crippen LogP contribution is -2.23. The van der Waals surface area contributed by atoms with Crippen LogP contribution in [-0.2, 0) is 10.0 Å². The first kappa shape index (κ1) is 19.5. The van der Waals surface area contributed by atoms with Gasteiger partial charge < -0.3 is 5.32 Å². The van der Waals surface area contributed by atoms with E-state index in [4.69, 9.17) is 11.6 Å². The Morgan fingerprint density at radius 2 is 1.85 bits per heavy atom. The number of carbonyl (C=O) groups is 1. The summed E-state index contributed by atoms with van der Waals surface area (Å²) in [7, 11) is -0.941. The van der Waals surface area contributed by atoms with Crippen molar-refractivity contribution < 1.29 is 13.2 Å². The summed E-state index contributed by atoms with van der Waals surface area (Å²) < 4.78 is 25.7. The van der Waals surface area contributed by atoms with Crippen molar-refractivity contribution in [1.29, 1.82) is 0 Å². The van der Waals surface area contributed by atoms with Crippen molar-refractivity contribution in [3.8, 4) is 10.6 Å². The second-order valence-corrected chi connectivity index (χ2v) is 9.22. The molecule has 0 fully saturated rings. The Hall–Kier alpha value is -2.26. The Morgan fingerprint density at radius 1 is 1.15 bits per heavy atom. The quantitative estimate of drug-likeness (QED) is 0.676. The summed E-state index contributed by atoms with van der Waals surface area (Å²) >= 11 is 7.54. The second-order valence-electron chi connectivity index (χ2n) is 5.80. The molecule has 3 aromatic rings. The van der Waals surface area contributed by atoms with Gasteiger partial charge in [-0.2, -0.15) is 0 Å². The molecule has 27 heavy (non-hydrogen) atoms. The number of hydrogen-bond donors (Lipinski definition) is 1. The lowest BCUT2D eigenvalue weighted by atomic mass is 10.2. The average Bonchev–Trinajstić information content (AvgIpc) is 3.17. The number of aromatic nitrogens is 1. The van der Waals surface area contributed by atoms with E-state index >= 15 is 0 Å². The number of sulfonamides is 1. The molecule has 0 atom stereocenters. The number of halogens is 1. The molecule has 3 rings (SSSR count). The van der Waals surface area contributed by atoms with Gasteiger partial charge in [0.2, 0.25) is 10.0 Å². The molecule has 9 heteroatoms. The molecule has 0 bridgehead atoms. The Kier molecular flexibility index (Phi) is 5.61. The minimum Gasteiger partial charge on any atom is -0.322 e. The van der Waals surface area contributed by atoms with Gasteiger partial charge in [-0.25, -0.2) is 17.7 Å². The van der Waals surface area contributed by atoms with E-state index in [0.29, 0.717) is 5.69 Å². The first-order valence-electron chi connectivity index (χ1n) is 7.82. The van der Waals surface area contributed by atoms with Gasteiger partial charge in [-0.15, -0.1) is 11.3 Å². The maximum Gasteiger partial charge on any atom is 0.255 e. The van der Waals surface area contributed by atoms with Crippen LogP contribution in [0.2, 0.25) is 5.02 Å². The van der Waals surface area contributed by atoms with Crippen LogP contribution in [0.5, 0.6) is 0 Å². The maximum atomic E-state index is 12.5. The van der Waals surface area contributed by atoms with Crippen molar-refractivity contribution in [2.24, 2.45) is 0 Å². The lowest BCUT2D eigenvalue weighted by molar-refractivity contribution is 0.102. The molecule has 0 radical (unpaired) electrons. The third-order valence-corrected chi connectivity index (χ3v) is 6.89. The van der Waals surface area contributed by atoms with Gasteiger partial charge in [0.25, 0.3) is 5.91 Å². The topological polar surface area (TPSA) is 79.4 Å². The van der Waals surface area contributed by atoms with Crippen LogP contribution >= 0.6 is 22.9 Å². The van der Waals surface area contributed by atoms with Gasteiger partial charge in [0.15, 0.2) is 0 Å². The van der Waals surface area contributed by atoms with Gasteiger partial charge in [0.05, 0.1) is 5.02 Å². The molecule has 0 spiro atoms. The van der Waals surface area contributed by atoms with Crippen molar-refractivity contribution in [3.05, 3.63) is 64.6 Å². The van der Waals surface area contributed by atoms with Crippen molar-refractivity contribution in [1.82, 2.24) is 9.29 Å². The molecule has 6 nitrogen and oxygen atoms in total. The van der Waals surface area contributed by atoms with Gasteiger partial charge in [0, 0.05) is 42.5 Å². The number of carbonyl (C=O) groups excluding carboxylic acids is 1. The molecule has 1 amide bonds. The fraction of sp³-hybridized carbons (Fsp3) is 0.111. The van der Waals surface area contributed by atoms with Gasteiger partial charge >= 0.3 is 0 Å². The fourth-order valence-corrected chi connectivity index (χ4v) is 4.34. The van der Waals surface area contributed by atoms with Crippen LogP contribution in [-0.4, -0.2) is 37.7 Å². The van der Waals surface area contributed by atoms with Gasteiger partial charge in [-0.05, 0) is 42.5 Å². The smallest absolute Gasteiger partial charge is 0.255 e. The lowest BCUT2D eigenvalue weighted by Gasteiger charge is -2.14. The minimum atomic E-state index is -3.75. The third-order valence-electron chi connectivity index (χ3n) is 3.77. The SMILES string of the molecule is CN(C)S(=O)(=O)c1cc(C(=O)Nc2ccc(-c3nccs3)cc2)ccc1Cl. The highest BCUT2D eigenvalue weighted by Gasteiger charge is 2.22. The fourth-order valence-electron chi connectivity index (χ4n) is 2.30. The van der Waals surface area contributed by atoms with Crippen molar-refractivity contribution in [3.63, 3.8) is 0 Å². The second kappa shape index (κ2) is 7.77. The molecule has 0 saturated heterocycles. The van der Waals surface area contributed by atoms with E-state index in [-0.39, 0.29) is 15.5 Å². The monoisotopic (exact) mass is 421 g/mol. The molecule has 1 N–H and O–H groups in total. The summed E-state index contributed by atoms with van der Waals surface area (Å²) in [5, 5.41) is 5.60. The van der Waals surface area contributed by atoms with E-state index in [1.54, 1.807) is 18.3 Å². The van der Waals surface area contributed by atoms with E-state index in [9.17, 15) is 13.2 Å². The number of benzene rings is 2. The van der Waals surface area contributed by atoms with E-state index in [1.807, 2.05) is 17.5 Å². The standard InChI is InChI=1S/C18H16ClN3O3S2/c1-22(2)27(24,25)16-11-13(5-8-15(16)19)17(23)21-14-6-3-12(4-7-14)18-20-9-10-26-18/h3-11H,1-2H3,(H,21,23). The zero-order chi connectivity index (χ0) is 19.6. The molecule has 1 aromatic heterocycles. The molecule has 0 aliphatic heterocycles.